The molecule has 1 aromatic carbocycles. The molecule has 168 valence electrons. The SMILES string of the molecule is COCCC(=O)N1CCCC2(C/C=C/COc3ccccc3C(=O)NCCNC2=O)C1. The molecule has 1 fully saturated rings. The number of hydrogen-bond donors (Lipinski definition) is 2. The summed E-state index contributed by atoms with van der Waals surface area (Å²) in [6.07, 6.45) is 6.10. The van der Waals surface area contributed by atoms with Crippen molar-refractivity contribution in [1.82, 2.24) is 15.5 Å². The number of piperidine rings is 1. The highest BCUT2D eigenvalue weighted by atomic mass is 16.5. The van der Waals surface area contributed by atoms with E-state index in [4.69, 9.17) is 9.47 Å². The Morgan fingerprint density at radius 3 is 2.84 bits per heavy atom. The van der Waals surface area contributed by atoms with Gasteiger partial charge in [-0.15, -0.1) is 0 Å². The van der Waals surface area contributed by atoms with Gasteiger partial charge in [0.2, 0.25) is 11.8 Å². The van der Waals surface area contributed by atoms with Crippen LogP contribution >= 0.6 is 0 Å². The van der Waals surface area contributed by atoms with Crippen molar-refractivity contribution in [3.05, 3.63) is 42.0 Å². The van der Waals surface area contributed by atoms with Gasteiger partial charge >= 0.3 is 0 Å². The van der Waals surface area contributed by atoms with Crippen molar-refractivity contribution < 1.29 is 23.9 Å². The summed E-state index contributed by atoms with van der Waals surface area (Å²) in [5.41, 5.74) is -0.225. The van der Waals surface area contributed by atoms with Crippen molar-refractivity contribution in [3.63, 3.8) is 0 Å². The van der Waals surface area contributed by atoms with E-state index in [1.807, 2.05) is 18.2 Å². The summed E-state index contributed by atoms with van der Waals surface area (Å²) >= 11 is 0. The predicted molar refractivity (Wildman–Crippen MR) is 116 cm³/mol. The number of para-hydroxylation sites is 1. The molecule has 2 heterocycles. The van der Waals surface area contributed by atoms with E-state index in [0.717, 1.165) is 6.42 Å². The lowest BCUT2D eigenvalue weighted by Crippen LogP contribution is -2.54. The Morgan fingerprint density at radius 2 is 2.00 bits per heavy atom. The summed E-state index contributed by atoms with van der Waals surface area (Å²) in [7, 11) is 1.57. The molecule has 1 spiro atoms. The van der Waals surface area contributed by atoms with Crippen molar-refractivity contribution in [3.8, 4) is 5.75 Å². The van der Waals surface area contributed by atoms with Gasteiger partial charge < -0.3 is 25.0 Å². The second-order valence-electron chi connectivity index (χ2n) is 7.94. The molecular formula is C23H31N3O5. The van der Waals surface area contributed by atoms with Crippen LogP contribution < -0.4 is 15.4 Å². The van der Waals surface area contributed by atoms with Gasteiger partial charge in [-0.25, -0.2) is 0 Å². The Labute approximate surface area is 183 Å². The molecule has 0 bridgehead atoms. The molecule has 8 heteroatoms. The predicted octanol–water partition coefficient (Wildman–Crippen LogP) is 1.52. The Kier molecular flexibility index (Phi) is 8.06. The molecule has 31 heavy (non-hydrogen) atoms. The second kappa shape index (κ2) is 10.9. The molecular weight excluding hydrogens is 398 g/mol. The molecule has 1 unspecified atom stereocenters. The van der Waals surface area contributed by atoms with E-state index >= 15 is 0 Å². The topological polar surface area (TPSA) is 97.0 Å². The Morgan fingerprint density at radius 1 is 1.19 bits per heavy atom. The number of benzene rings is 1. The zero-order valence-electron chi connectivity index (χ0n) is 18.0. The molecule has 0 aromatic heterocycles. The molecule has 1 aromatic rings. The summed E-state index contributed by atoms with van der Waals surface area (Å²) in [5.74, 6) is 0.194. The lowest BCUT2D eigenvalue weighted by atomic mass is 9.76. The molecule has 2 aliphatic rings. The minimum atomic E-state index is -0.691. The van der Waals surface area contributed by atoms with E-state index in [2.05, 4.69) is 10.6 Å². The first-order valence-electron chi connectivity index (χ1n) is 10.8. The van der Waals surface area contributed by atoms with Gasteiger partial charge in [0.15, 0.2) is 0 Å². The highest BCUT2D eigenvalue weighted by Gasteiger charge is 2.42. The first-order valence-corrected chi connectivity index (χ1v) is 10.8. The number of carbonyl (C=O) groups is 3. The van der Waals surface area contributed by atoms with E-state index in [9.17, 15) is 14.4 Å². The van der Waals surface area contributed by atoms with Gasteiger partial charge in [0.05, 0.1) is 24.0 Å². The number of amides is 3. The van der Waals surface area contributed by atoms with Gasteiger partial charge in [0.25, 0.3) is 5.91 Å². The number of ether oxygens (including phenoxy) is 2. The zero-order valence-corrected chi connectivity index (χ0v) is 18.0. The molecule has 0 aliphatic carbocycles. The van der Waals surface area contributed by atoms with E-state index in [1.165, 1.54) is 0 Å². The van der Waals surface area contributed by atoms with Crippen molar-refractivity contribution in [2.75, 3.05) is 46.5 Å². The van der Waals surface area contributed by atoms with E-state index in [1.54, 1.807) is 30.2 Å². The number of fused-ring (bicyclic) bond motifs is 1. The van der Waals surface area contributed by atoms with E-state index in [0.29, 0.717) is 70.0 Å². The van der Waals surface area contributed by atoms with Crippen LogP contribution in [0, 0.1) is 5.41 Å². The molecule has 2 N–H and O–H groups in total. The number of rotatable bonds is 3. The van der Waals surface area contributed by atoms with Crippen LogP contribution in [0.2, 0.25) is 0 Å². The summed E-state index contributed by atoms with van der Waals surface area (Å²) in [6, 6.07) is 7.09. The van der Waals surface area contributed by atoms with Crippen molar-refractivity contribution >= 4 is 17.7 Å². The minimum absolute atomic E-state index is 0.00399. The summed E-state index contributed by atoms with van der Waals surface area (Å²) in [6.45, 7) is 2.31. The third kappa shape index (κ3) is 5.85. The van der Waals surface area contributed by atoms with Gasteiger partial charge in [-0.05, 0) is 31.4 Å². The van der Waals surface area contributed by atoms with Gasteiger partial charge in [-0.1, -0.05) is 24.3 Å². The fourth-order valence-electron chi connectivity index (χ4n) is 4.07. The van der Waals surface area contributed by atoms with Gasteiger partial charge in [0, 0.05) is 33.3 Å². The van der Waals surface area contributed by atoms with Crippen LogP contribution in [0.5, 0.6) is 5.75 Å². The van der Waals surface area contributed by atoms with Crippen molar-refractivity contribution in [2.24, 2.45) is 5.41 Å². The molecule has 1 saturated heterocycles. The monoisotopic (exact) mass is 429 g/mol. The van der Waals surface area contributed by atoms with Gasteiger partial charge in [0.1, 0.15) is 12.4 Å². The minimum Gasteiger partial charge on any atom is -0.489 e. The largest absolute Gasteiger partial charge is 0.489 e. The smallest absolute Gasteiger partial charge is 0.255 e. The van der Waals surface area contributed by atoms with E-state index in [-0.39, 0.29) is 17.7 Å². The van der Waals surface area contributed by atoms with Crippen LogP contribution in [0.4, 0.5) is 0 Å². The Bertz CT molecular complexity index is 825. The Hall–Kier alpha value is -2.87. The first-order chi connectivity index (χ1) is 15.1. The zero-order chi connectivity index (χ0) is 22.1. The average molecular weight is 430 g/mol. The third-order valence-electron chi connectivity index (χ3n) is 5.77. The molecule has 8 nitrogen and oxygen atoms in total. The third-order valence-corrected chi connectivity index (χ3v) is 5.77. The number of likely N-dealkylation sites (tertiary alicyclic amines) is 1. The van der Waals surface area contributed by atoms with Gasteiger partial charge in [-0.3, -0.25) is 14.4 Å². The highest BCUT2D eigenvalue weighted by Crippen LogP contribution is 2.35. The fourth-order valence-corrected chi connectivity index (χ4v) is 4.07. The summed E-state index contributed by atoms with van der Waals surface area (Å²) < 4.78 is 10.8. The van der Waals surface area contributed by atoms with Crippen LogP contribution in [0.15, 0.2) is 36.4 Å². The molecule has 0 saturated carbocycles. The van der Waals surface area contributed by atoms with Gasteiger partial charge in [-0.2, -0.15) is 0 Å². The van der Waals surface area contributed by atoms with Crippen LogP contribution in [-0.2, 0) is 14.3 Å². The van der Waals surface area contributed by atoms with Crippen LogP contribution in [-0.4, -0.2) is 69.1 Å². The number of allylic oxidation sites excluding steroid dienone is 1. The van der Waals surface area contributed by atoms with Crippen LogP contribution in [0.3, 0.4) is 0 Å². The van der Waals surface area contributed by atoms with Crippen molar-refractivity contribution in [2.45, 2.75) is 25.7 Å². The summed E-state index contributed by atoms with van der Waals surface area (Å²) in [5, 5.41) is 5.79. The maximum atomic E-state index is 13.2. The molecule has 1 atom stereocenters. The summed E-state index contributed by atoms with van der Waals surface area (Å²) in [4.78, 5) is 40.0. The normalized spacial score (nSPS) is 23.7. The lowest BCUT2D eigenvalue weighted by Gasteiger charge is -2.41. The number of nitrogens with one attached hydrogen (secondary N) is 2. The molecule has 2 aliphatic heterocycles. The van der Waals surface area contributed by atoms with Crippen LogP contribution in [0.1, 0.15) is 36.0 Å². The highest BCUT2D eigenvalue weighted by molar-refractivity contribution is 5.97. The number of nitrogens with zero attached hydrogens (tertiary/aromatic N) is 1. The molecule has 0 radical (unpaired) electrons. The number of carbonyl (C=O) groups excluding carboxylic acids is 3. The lowest BCUT2D eigenvalue weighted by molar-refractivity contribution is -0.142. The average Bonchev–Trinajstić information content (AvgIpc) is 2.79. The number of methoxy groups -OCH3 is 1. The van der Waals surface area contributed by atoms with E-state index < -0.39 is 5.41 Å². The standard InChI is InChI=1S/C23H31N3O5/c1-30-16-9-20(27)26-14-6-11-23(17-26)10-4-5-15-31-19-8-3-2-7-18(19)21(28)24-12-13-25-22(23)29/h2-5,7-8H,6,9-17H2,1H3,(H,24,28)(H,25,29)/b5-4+. The number of hydrogen-bond acceptors (Lipinski definition) is 5. The maximum Gasteiger partial charge on any atom is 0.255 e. The Balaban J connectivity index is 1.75. The first kappa shape index (κ1) is 22.8. The fraction of sp³-hybridized carbons (Fsp3) is 0.522. The molecule has 3 amide bonds. The van der Waals surface area contributed by atoms with Crippen LogP contribution in [0.25, 0.3) is 0 Å². The maximum absolute atomic E-state index is 13.2. The quantitative estimate of drug-likeness (QED) is 0.710. The molecule has 3 rings (SSSR count). The second-order valence-corrected chi connectivity index (χ2v) is 7.94. The van der Waals surface area contributed by atoms with Crippen molar-refractivity contribution in [1.29, 1.82) is 0 Å².